The van der Waals surface area contributed by atoms with Crippen molar-refractivity contribution < 1.29 is 9.18 Å². The summed E-state index contributed by atoms with van der Waals surface area (Å²) in [5.41, 5.74) is 0.153. The van der Waals surface area contributed by atoms with Crippen LogP contribution in [0.2, 0.25) is 0 Å². The van der Waals surface area contributed by atoms with Gasteiger partial charge in [-0.2, -0.15) is 5.26 Å². The van der Waals surface area contributed by atoms with Crippen LogP contribution >= 0.6 is 0 Å². The molecular formula is C17H22FN3O. The van der Waals surface area contributed by atoms with Crippen molar-refractivity contribution in [3.8, 4) is 6.07 Å². The van der Waals surface area contributed by atoms with Gasteiger partial charge in [0, 0.05) is 6.54 Å². The SMILES string of the molecule is CCN(CC(=O)NC1(C#N)CCCC1)Cc1cccc(F)c1. The first-order chi connectivity index (χ1) is 10.6. The summed E-state index contributed by atoms with van der Waals surface area (Å²) >= 11 is 0. The Hall–Kier alpha value is -1.93. The maximum atomic E-state index is 13.2. The lowest BCUT2D eigenvalue weighted by atomic mass is 10.00. The van der Waals surface area contributed by atoms with Crippen LogP contribution < -0.4 is 5.32 Å². The smallest absolute Gasteiger partial charge is 0.235 e. The minimum Gasteiger partial charge on any atom is -0.337 e. The predicted octanol–water partition coefficient (Wildman–Crippen LogP) is 2.60. The number of nitrogens with zero attached hydrogens (tertiary/aromatic N) is 2. The Morgan fingerprint density at radius 3 is 2.77 bits per heavy atom. The fourth-order valence-corrected chi connectivity index (χ4v) is 2.93. The molecule has 0 unspecified atom stereocenters. The van der Waals surface area contributed by atoms with Crippen LogP contribution in [0.4, 0.5) is 4.39 Å². The topological polar surface area (TPSA) is 56.1 Å². The van der Waals surface area contributed by atoms with Crippen molar-refractivity contribution in [2.24, 2.45) is 0 Å². The van der Waals surface area contributed by atoms with E-state index in [1.165, 1.54) is 12.1 Å². The van der Waals surface area contributed by atoms with Gasteiger partial charge >= 0.3 is 0 Å². The molecule has 22 heavy (non-hydrogen) atoms. The fraction of sp³-hybridized carbons (Fsp3) is 0.529. The van der Waals surface area contributed by atoms with E-state index in [4.69, 9.17) is 0 Å². The van der Waals surface area contributed by atoms with Crippen LogP contribution in [0.1, 0.15) is 38.2 Å². The van der Waals surface area contributed by atoms with Crippen LogP contribution in [0.25, 0.3) is 0 Å². The van der Waals surface area contributed by atoms with Crippen LogP contribution in [-0.2, 0) is 11.3 Å². The van der Waals surface area contributed by atoms with E-state index in [-0.39, 0.29) is 18.3 Å². The number of halogens is 1. The van der Waals surface area contributed by atoms with E-state index in [0.717, 1.165) is 31.2 Å². The Labute approximate surface area is 130 Å². The van der Waals surface area contributed by atoms with Crippen molar-refractivity contribution in [1.82, 2.24) is 10.2 Å². The number of hydrogen-bond donors (Lipinski definition) is 1. The molecule has 5 heteroatoms. The van der Waals surface area contributed by atoms with Gasteiger partial charge in [0.1, 0.15) is 11.4 Å². The lowest BCUT2D eigenvalue weighted by Gasteiger charge is -2.25. The molecule has 1 amide bonds. The minimum absolute atomic E-state index is 0.137. The van der Waals surface area contributed by atoms with Gasteiger partial charge in [0.2, 0.25) is 5.91 Å². The molecule has 4 nitrogen and oxygen atoms in total. The maximum Gasteiger partial charge on any atom is 0.235 e. The van der Waals surface area contributed by atoms with Crippen molar-refractivity contribution in [1.29, 1.82) is 5.26 Å². The lowest BCUT2D eigenvalue weighted by Crippen LogP contribution is -2.48. The zero-order valence-electron chi connectivity index (χ0n) is 12.9. The zero-order valence-corrected chi connectivity index (χ0v) is 12.9. The molecule has 1 aromatic rings. The van der Waals surface area contributed by atoms with E-state index >= 15 is 0 Å². The highest BCUT2D eigenvalue weighted by molar-refractivity contribution is 5.79. The van der Waals surface area contributed by atoms with Crippen LogP contribution in [0.15, 0.2) is 24.3 Å². The number of benzene rings is 1. The van der Waals surface area contributed by atoms with Gasteiger partial charge in [-0.3, -0.25) is 9.69 Å². The van der Waals surface area contributed by atoms with E-state index in [2.05, 4.69) is 11.4 Å². The predicted molar refractivity (Wildman–Crippen MR) is 82.3 cm³/mol. The first-order valence-corrected chi connectivity index (χ1v) is 7.76. The second-order valence-corrected chi connectivity index (χ2v) is 5.88. The highest BCUT2D eigenvalue weighted by Gasteiger charge is 2.35. The molecular weight excluding hydrogens is 281 g/mol. The molecule has 1 aliphatic carbocycles. The molecule has 0 radical (unpaired) electrons. The van der Waals surface area contributed by atoms with Gasteiger partial charge in [0.25, 0.3) is 0 Å². The summed E-state index contributed by atoms with van der Waals surface area (Å²) in [4.78, 5) is 14.1. The molecule has 1 fully saturated rings. The molecule has 0 aromatic heterocycles. The molecule has 1 N–H and O–H groups in total. The monoisotopic (exact) mass is 303 g/mol. The lowest BCUT2D eigenvalue weighted by molar-refractivity contribution is -0.123. The maximum absolute atomic E-state index is 13.2. The number of carbonyl (C=O) groups is 1. The Morgan fingerprint density at radius 2 is 2.18 bits per heavy atom. The van der Waals surface area contributed by atoms with Crippen LogP contribution in [-0.4, -0.2) is 29.4 Å². The number of nitrogens with one attached hydrogen (secondary N) is 1. The van der Waals surface area contributed by atoms with Gasteiger partial charge in [-0.25, -0.2) is 4.39 Å². The van der Waals surface area contributed by atoms with E-state index in [9.17, 15) is 14.4 Å². The molecule has 0 heterocycles. The Bertz CT molecular complexity index is 561. The van der Waals surface area contributed by atoms with E-state index in [0.29, 0.717) is 13.1 Å². The summed E-state index contributed by atoms with van der Waals surface area (Å²) in [7, 11) is 0. The molecule has 0 atom stereocenters. The highest BCUT2D eigenvalue weighted by atomic mass is 19.1. The Balaban J connectivity index is 1.92. The van der Waals surface area contributed by atoms with Crippen molar-refractivity contribution in [3.63, 3.8) is 0 Å². The number of rotatable bonds is 6. The van der Waals surface area contributed by atoms with Gasteiger partial charge in [-0.15, -0.1) is 0 Å². The van der Waals surface area contributed by atoms with Gasteiger partial charge in [-0.05, 0) is 49.9 Å². The van der Waals surface area contributed by atoms with Crippen LogP contribution in [0.3, 0.4) is 0 Å². The van der Waals surface area contributed by atoms with E-state index in [1.807, 2.05) is 17.9 Å². The van der Waals surface area contributed by atoms with E-state index < -0.39 is 5.54 Å². The molecule has 0 spiro atoms. The number of nitriles is 1. The molecule has 2 rings (SSSR count). The van der Waals surface area contributed by atoms with Gasteiger partial charge in [-0.1, -0.05) is 19.1 Å². The molecule has 1 aromatic carbocycles. The number of carbonyl (C=O) groups excluding carboxylic acids is 1. The van der Waals surface area contributed by atoms with Crippen molar-refractivity contribution in [2.75, 3.05) is 13.1 Å². The number of hydrogen-bond acceptors (Lipinski definition) is 3. The zero-order chi connectivity index (χ0) is 16.0. The third kappa shape index (κ3) is 4.28. The fourth-order valence-electron chi connectivity index (χ4n) is 2.93. The first kappa shape index (κ1) is 16.4. The molecule has 1 saturated carbocycles. The summed E-state index contributed by atoms with van der Waals surface area (Å²) in [5, 5.41) is 12.2. The normalized spacial score (nSPS) is 16.5. The minimum atomic E-state index is -0.685. The summed E-state index contributed by atoms with van der Waals surface area (Å²) < 4.78 is 13.2. The average molecular weight is 303 g/mol. The standard InChI is InChI=1S/C17H22FN3O/c1-2-21(11-14-6-5-7-15(18)10-14)12-16(22)20-17(13-19)8-3-4-9-17/h5-7,10H,2-4,8-9,11-12H2,1H3,(H,20,22). The van der Waals surface area contributed by atoms with Crippen LogP contribution in [0, 0.1) is 17.1 Å². The Morgan fingerprint density at radius 1 is 1.45 bits per heavy atom. The summed E-state index contributed by atoms with van der Waals surface area (Å²) in [6.45, 7) is 3.38. The molecule has 1 aliphatic rings. The number of likely N-dealkylation sites (N-methyl/N-ethyl adjacent to an activating group) is 1. The third-order valence-electron chi connectivity index (χ3n) is 4.16. The average Bonchev–Trinajstić information content (AvgIpc) is 2.95. The van der Waals surface area contributed by atoms with Gasteiger partial charge in [0.15, 0.2) is 0 Å². The van der Waals surface area contributed by atoms with E-state index in [1.54, 1.807) is 6.07 Å². The molecule has 0 saturated heterocycles. The molecule has 0 aliphatic heterocycles. The molecule has 0 bridgehead atoms. The van der Waals surface area contributed by atoms with Crippen molar-refractivity contribution in [2.45, 2.75) is 44.7 Å². The largest absolute Gasteiger partial charge is 0.337 e. The quantitative estimate of drug-likeness (QED) is 0.879. The van der Waals surface area contributed by atoms with Crippen molar-refractivity contribution in [3.05, 3.63) is 35.6 Å². The van der Waals surface area contributed by atoms with Crippen molar-refractivity contribution >= 4 is 5.91 Å². The summed E-state index contributed by atoms with van der Waals surface area (Å²) in [5.74, 6) is -0.408. The Kier molecular flexibility index (Phi) is 5.51. The van der Waals surface area contributed by atoms with Crippen LogP contribution in [0.5, 0.6) is 0 Å². The third-order valence-corrected chi connectivity index (χ3v) is 4.16. The summed E-state index contributed by atoms with van der Waals surface area (Å²) in [6.07, 6.45) is 3.42. The molecule has 118 valence electrons. The second-order valence-electron chi connectivity index (χ2n) is 5.88. The number of amides is 1. The second kappa shape index (κ2) is 7.37. The highest BCUT2D eigenvalue weighted by Crippen LogP contribution is 2.28. The summed E-state index contributed by atoms with van der Waals surface area (Å²) in [6, 6.07) is 8.66. The van der Waals surface area contributed by atoms with Gasteiger partial charge in [0.05, 0.1) is 12.6 Å². The van der Waals surface area contributed by atoms with Gasteiger partial charge < -0.3 is 5.32 Å². The first-order valence-electron chi connectivity index (χ1n) is 7.76.